The minimum atomic E-state index is 0.287. The Labute approximate surface area is 179 Å². The van der Waals surface area contributed by atoms with Crippen LogP contribution in [0.3, 0.4) is 0 Å². The van der Waals surface area contributed by atoms with E-state index in [0.29, 0.717) is 23.9 Å². The zero-order valence-corrected chi connectivity index (χ0v) is 18.6. The maximum Gasteiger partial charge on any atom is 0.140 e. The molecule has 0 unspecified atom stereocenters. The number of hydrogen-bond donors (Lipinski definition) is 2. The standard InChI is InChI=1S/C22H35N7O/c1-15(2)12-17-13-25-27-29(17)14-20(28(4)24)22(23)19-10-11-21(16(3)26-19)30-18-8-6-5-7-9-18/h10-11,13,15,18H,5-9,12,14,23-24H2,1-4H3/b22-20-. The first-order valence-corrected chi connectivity index (χ1v) is 10.8. The summed E-state index contributed by atoms with van der Waals surface area (Å²) in [5.41, 5.74) is 10.3. The average molecular weight is 414 g/mol. The molecule has 1 aliphatic carbocycles. The third-order valence-electron chi connectivity index (χ3n) is 5.51. The molecule has 2 aromatic rings. The lowest BCUT2D eigenvalue weighted by Gasteiger charge is -2.24. The van der Waals surface area contributed by atoms with Gasteiger partial charge in [0, 0.05) is 7.05 Å². The highest BCUT2D eigenvalue weighted by Gasteiger charge is 2.18. The highest BCUT2D eigenvalue weighted by atomic mass is 16.5. The molecule has 164 valence electrons. The van der Waals surface area contributed by atoms with Crippen LogP contribution in [0, 0.1) is 12.8 Å². The van der Waals surface area contributed by atoms with Gasteiger partial charge in [-0.3, -0.25) is 0 Å². The maximum atomic E-state index is 6.50. The van der Waals surface area contributed by atoms with Crippen LogP contribution in [0.15, 0.2) is 24.0 Å². The van der Waals surface area contributed by atoms with Gasteiger partial charge in [-0.2, -0.15) is 0 Å². The molecular weight excluding hydrogens is 378 g/mol. The van der Waals surface area contributed by atoms with E-state index in [0.717, 1.165) is 42.1 Å². The number of likely N-dealkylation sites (N-methyl/N-ethyl adjacent to an activating group) is 1. The van der Waals surface area contributed by atoms with Crippen LogP contribution in [-0.4, -0.2) is 38.1 Å². The number of aromatic nitrogens is 4. The summed E-state index contributed by atoms with van der Waals surface area (Å²) in [5.74, 6) is 7.45. The monoisotopic (exact) mass is 413 g/mol. The van der Waals surface area contributed by atoms with Gasteiger partial charge in [0.2, 0.25) is 0 Å². The largest absolute Gasteiger partial charge is 0.489 e. The Kier molecular flexibility index (Phi) is 7.31. The first kappa shape index (κ1) is 22.1. The van der Waals surface area contributed by atoms with Gasteiger partial charge < -0.3 is 15.5 Å². The predicted octanol–water partition coefficient (Wildman–Crippen LogP) is 3.02. The molecule has 0 radical (unpaired) electrons. The molecule has 2 aromatic heterocycles. The Morgan fingerprint density at radius 1 is 1.27 bits per heavy atom. The quantitative estimate of drug-likeness (QED) is 0.506. The van der Waals surface area contributed by atoms with Gasteiger partial charge in [0.15, 0.2) is 0 Å². The van der Waals surface area contributed by atoms with Crippen molar-refractivity contribution in [2.75, 3.05) is 7.05 Å². The highest BCUT2D eigenvalue weighted by molar-refractivity contribution is 5.63. The molecule has 0 aliphatic heterocycles. The first-order valence-electron chi connectivity index (χ1n) is 10.8. The number of hydrazine groups is 1. The first-order chi connectivity index (χ1) is 14.3. The van der Waals surface area contributed by atoms with Gasteiger partial charge in [-0.25, -0.2) is 15.5 Å². The van der Waals surface area contributed by atoms with Gasteiger partial charge in [-0.1, -0.05) is 25.5 Å². The predicted molar refractivity (Wildman–Crippen MR) is 118 cm³/mol. The molecule has 8 heteroatoms. The summed E-state index contributed by atoms with van der Waals surface area (Å²) in [5, 5.41) is 9.80. The number of aryl methyl sites for hydroxylation is 1. The number of rotatable bonds is 8. The second-order valence-electron chi connectivity index (χ2n) is 8.61. The lowest BCUT2D eigenvalue weighted by atomic mass is 9.98. The SMILES string of the molecule is Cc1nc(/C(N)=C(\Cn2nncc2CC(C)C)N(C)N)ccc1OC1CCCCC1. The normalized spacial score (nSPS) is 15.9. The van der Waals surface area contributed by atoms with E-state index in [2.05, 4.69) is 24.2 Å². The van der Waals surface area contributed by atoms with E-state index in [4.69, 9.17) is 21.3 Å². The fourth-order valence-corrected chi connectivity index (χ4v) is 3.85. The van der Waals surface area contributed by atoms with Crippen molar-refractivity contribution >= 4 is 5.70 Å². The van der Waals surface area contributed by atoms with E-state index < -0.39 is 0 Å². The van der Waals surface area contributed by atoms with Crippen LogP contribution in [0.25, 0.3) is 5.70 Å². The van der Waals surface area contributed by atoms with E-state index in [-0.39, 0.29) is 6.10 Å². The molecule has 1 fully saturated rings. The molecule has 0 bridgehead atoms. The smallest absolute Gasteiger partial charge is 0.140 e. The maximum absolute atomic E-state index is 6.50. The molecule has 0 amide bonds. The molecule has 0 aromatic carbocycles. The molecule has 1 saturated carbocycles. The summed E-state index contributed by atoms with van der Waals surface area (Å²) in [6, 6.07) is 3.87. The Balaban J connectivity index is 1.82. The second-order valence-corrected chi connectivity index (χ2v) is 8.61. The third-order valence-corrected chi connectivity index (χ3v) is 5.51. The van der Waals surface area contributed by atoms with Gasteiger partial charge in [0.25, 0.3) is 0 Å². The van der Waals surface area contributed by atoms with Crippen molar-refractivity contribution in [1.82, 2.24) is 25.0 Å². The lowest BCUT2D eigenvalue weighted by molar-refractivity contribution is 0.153. The minimum Gasteiger partial charge on any atom is -0.489 e. The van der Waals surface area contributed by atoms with Crippen LogP contribution in [0.1, 0.15) is 63.0 Å². The van der Waals surface area contributed by atoms with Crippen LogP contribution >= 0.6 is 0 Å². The number of nitrogens with two attached hydrogens (primary N) is 2. The van der Waals surface area contributed by atoms with Crippen molar-refractivity contribution < 1.29 is 4.74 Å². The van der Waals surface area contributed by atoms with Crippen LogP contribution in [0.5, 0.6) is 5.75 Å². The van der Waals surface area contributed by atoms with E-state index in [1.807, 2.05) is 23.7 Å². The molecule has 3 rings (SSSR count). The molecule has 4 N–H and O–H groups in total. The summed E-state index contributed by atoms with van der Waals surface area (Å²) in [7, 11) is 1.77. The fraction of sp³-hybridized carbons (Fsp3) is 0.591. The van der Waals surface area contributed by atoms with E-state index in [1.54, 1.807) is 13.2 Å². The van der Waals surface area contributed by atoms with Crippen LogP contribution in [0.2, 0.25) is 0 Å². The molecular formula is C22H35N7O. The summed E-state index contributed by atoms with van der Waals surface area (Å²) >= 11 is 0. The van der Waals surface area contributed by atoms with Crippen molar-refractivity contribution in [2.24, 2.45) is 17.5 Å². The second kappa shape index (κ2) is 9.93. The molecule has 0 saturated heterocycles. The van der Waals surface area contributed by atoms with Gasteiger partial charge in [0.05, 0.1) is 47.3 Å². The topological polar surface area (TPSA) is 108 Å². The van der Waals surface area contributed by atoms with Crippen molar-refractivity contribution in [3.05, 3.63) is 41.1 Å². The summed E-state index contributed by atoms with van der Waals surface area (Å²) in [6.45, 7) is 6.73. The molecule has 8 nitrogen and oxygen atoms in total. The van der Waals surface area contributed by atoms with Crippen molar-refractivity contribution in [2.45, 2.75) is 71.9 Å². The van der Waals surface area contributed by atoms with Crippen LogP contribution in [-0.2, 0) is 13.0 Å². The van der Waals surface area contributed by atoms with E-state index in [9.17, 15) is 0 Å². The number of nitrogens with zero attached hydrogens (tertiary/aromatic N) is 5. The Bertz CT molecular complexity index is 866. The average Bonchev–Trinajstić information content (AvgIpc) is 3.13. The van der Waals surface area contributed by atoms with Gasteiger partial charge in [-0.05, 0) is 57.1 Å². The van der Waals surface area contributed by atoms with Gasteiger partial charge in [-0.15, -0.1) is 5.10 Å². The van der Waals surface area contributed by atoms with E-state index >= 15 is 0 Å². The number of pyridine rings is 1. The zero-order valence-electron chi connectivity index (χ0n) is 18.6. The minimum absolute atomic E-state index is 0.287. The van der Waals surface area contributed by atoms with Gasteiger partial charge in [0.1, 0.15) is 5.75 Å². The molecule has 1 aliphatic rings. The molecule has 0 spiro atoms. The molecule has 30 heavy (non-hydrogen) atoms. The number of hydrogen-bond acceptors (Lipinski definition) is 7. The number of ether oxygens (including phenoxy) is 1. The molecule has 0 atom stereocenters. The van der Waals surface area contributed by atoms with Crippen molar-refractivity contribution in [3.63, 3.8) is 0 Å². The Hall–Kier alpha value is -2.61. The number of allylic oxidation sites excluding steroid dienone is 1. The van der Waals surface area contributed by atoms with Crippen LogP contribution in [0.4, 0.5) is 0 Å². The summed E-state index contributed by atoms with van der Waals surface area (Å²) in [6.07, 6.45) is 8.97. The Morgan fingerprint density at radius 2 is 2.00 bits per heavy atom. The summed E-state index contributed by atoms with van der Waals surface area (Å²) in [4.78, 5) is 4.71. The molecule has 2 heterocycles. The third kappa shape index (κ3) is 5.50. The van der Waals surface area contributed by atoms with Gasteiger partial charge >= 0.3 is 0 Å². The van der Waals surface area contributed by atoms with Crippen molar-refractivity contribution in [1.29, 1.82) is 0 Å². The lowest BCUT2D eigenvalue weighted by Crippen LogP contribution is -2.31. The Morgan fingerprint density at radius 3 is 2.63 bits per heavy atom. The zero-order chi connectivity index (χ0) is 21.7. The van der Waals surface area contributed by atoms with Crippen molar-refractivity contribution in [3.8, 4) is 5.75 Å². The summed E-state index contributed by atoms with van der Waals surface area (Å²) < 4.78 is 8.04. The fourth-order valence-electron chi connectivity index (χ4n) is 3.85. The van der Waals surface area contributed by atoms with Crippen LogP contribution < -0.4 is 16.3 Å². The van der Waals surface area contributed by atoms with E-state index in [1.165, 1.54) is 24.3 Å². The highest BCUT2D eigenvalue weighted by Crippen LogP contribution is 2.26.